The molecule has 2 rings (SSSR count). The van der Waals surface area contributed by atoms with Crippen LogP contribution in [0.5, 0.6) is 0 Å². The first-order chi connectivity index (χ1) is 17.9. The van der Waals surface area contributed by atoms with E-state index in [-0.39, 0.29) is 12.5 Å². The minimum Gasteiger partial charge on any atom is -0.444 e. The van der Waals surface area contributed by atoms with E-state index >= 15 is 0 Å². The second-order valence-corrected chi connectivity index (χ2v) is 10.4. The molecule has 0 saturated carbocycles. The summed E-state index contributed by atoms with van der Waals surface area (Å²) in [7, 11) is 0. The lowest BCUT2D eigenvalue weighted by atomic mass is 9.95. The van der Waals surface area contributed by atoms with Crippen LogP contribution < -0.4 is 10.6 Å². The van der Waals surface area contributed by atoms with Gasteiger partial charge in [-0.2, -0.15) is 5.26 Å². The lowest BCUT2D eigenvalue weighted by Crippen LogP contribution is -2.54. The molecule has 0 heterocycles. The molecule has 0 bridgehead atoms. The zero-order valence-corrected chi connectivity index (χ0v) is 23.5. The van der Waals surface area contributed by atoms with Gasteiger partial charge in [-0.3, -0.25) is 9.59 Å². The second-order valence-electron chi connectivity index (χ2n) is 10.4. The number of ether oxygens (including phenoxy) is 1. The third-order valence-electron chi connectivity index (χ3n) is 6.34. The number of nitriles is 1. The average Bonchev–Trinajstić information content (AvgIpc) is 2.87. The molecule has 2 aromatic rings. The maximum Gasteiger partial charge on any atom is 0.408 e. The molecule has 8 heteroatoms. The summed E-state index contributed by atoms with van der Waals surface area (Å²) in [5, 5.41) is 15.3. The van der Waals surface area contributed by atoms with E-state index in [0.29, 0.717) is 17.7 Å². The van der Waals surface area contributed by atoms with E-state index in [1.807, 2.05) is 64.1 Å². The third-order valence-corrected chi connectivity index (χ3v) is 6.34. The van der Waals surface area contributed by atoms with Gasteiger partial charge in [0.2, 0.25) is 5.91 Å². The second kappa shape index (κ2) is 13.6. The van der Waals surface area contributed by atoms with Crippen molar-refractivity contribution >= 4 is 23.6 Å². The number of anilines is 1. The van der Waals surface area contributed by atoms with Crippen molar-refractivity contribution in [2.75, 3.05) is 11.9 Å². The van der Waals surface area contributed by atoms with Crippen LogP contribution in [0.3, 0.4) is 0 Å². The van der Waals surface area contributed by atoms with Crippen LogP contribution in [0.1, 0.15) is 70.7 Å². The Morgan fingerprint density at radius 2 is 1.68 bits per heavy atom. The van der Waals surface area contributed by atoms with Crippen LogP contribution in [0.4, 0.5) is 10.5 Å². The Hall–Kier alpha value is -3.86. The molecule has 3 unspecified atom stereocenters. The number of hydrogen-bond acceptors (Lipinski definition) is 5. The third kappa shape index (κ3) is 8.34. The van der Waals surface area contributed by atoms with Crippen molar-refractivity contribution in [1.82, 2.24) is 10.2 Å². The first kappa shape index (κ1) is 30.4. The minimum atomic E-state index is -1.10. The van der Waals surface area contributed by atoms with E-state index in [2.05, 4.69) is 10.6 Å². The highest BCUT2D eigenvalue weighted by Gasteiger charge is 2.38. The Kier molecular flexibility index (Phi) is 10.9. The van der Waals surface area contributed by atoms with Crippen LogP contribution in [-0.4, -0.2) is 41.0 Å². The largest absolute Gasteiger partial charge is 0.444 e. The van der Waals surface area contributed by atoms with Crippen LogP contribution in [0.2, 0.25) is 0 Å². The number of nitrogens with one attached hydrogen (secondary N) is 2. The summed E-state index contributed by atoms with van der Waals surface area (Å²) in [6, 6.07) is 14.7. The molecule has 38 heavy (non-hydrogen) atoms. The van der Waals surface area contributed by atoms with Gasteiger partial charge in [0.25, 0.3) is 5.91 Å². The van der Waals surface area contributed by atoms with Gasteiger partial charge in [0, 0.05) is 5.69 Å². The fourth-order valence-electron chi connectivity index (χ4n) is 3.99. The summed E-state index contributed by atoms with van der Waals surface area (Å²) in [4.78, 5) is 41.7. The van der Waals surface area contributed by atoms with Gasteiger partial charge in [-0.25, -0.2) is 4.79 Å². The highest BCUT2D eigenvalue weighted by molar-refractivity contribution is 5.99. The van der Waals surface area contributed by atoms with E-state index in [1.165, 1.54) is 4.90 Å². The van der Waals surface area contributed by atoms with Crippen molar-refractivity contribution in [2.24, 2.45) is 5.92 Å². The van der Waals surface area contributed by atoms with Crippen molar-refractivity contribution in [3.8, 4) is 6.07 Å². The quantitative estimate of drug-likeness (QED) is 0.400. The van der Waals surface area contributed by atoms with Gasteiger partial charge in [-0.05, 0) is 62.8 Å². The normalized spacial score (nSPS) is 13.4. The van der Waals surface area contributed by atoms with Crippen LogP contribution in [-0.2, 0) is 20.7 Å². The highest BCUT2D eigenvalue weighted by Crippen LogP contribution is 2.27. The Morgan fingerprint density at radius 1 is 1.05 bits per heavy atom. The van der Waals surface area contributed by atoms with Gasteiger partial charge in [-0.15, -0.1) is 0 Å². The SMILES string of the molecule is CCc1ccc(C(C(=O)Nc2ccccc2C)N(CC#N)C(=O)C(NC(=O)OC(C)(C)C)C(C)CC)cc1. The number of amides is 3. The Balaban J connectivity index is 2.54. The summed E-state index contributed by atoms with van der Waals surface area (Å²) < 4.78 is 5.40. The molecule has 0 spiro atoms. The molecule has 3 amide bonds. The molecule has 3 atom stereocenters. The molecule has 8 nitrogen and oxygen atoms in total. The van der Waals surface area contributed by atoms with Crippen molar-refractivity contribution in [1.29, 1.82) is 5.26 Å². The topological polar surface area (TPSA) is 112 Å². The predicted molar refractivity (Wildman–Crippen MR) is 148 cm³/mol. The number of hydrogen-bond donors (Lipinski definition) is 2. The fourth-order valence-corrected chi connectivity index (χ4v) is 3.99. The van der Waals surface area contributed by atoms with Gasteiger partial charge in [-0.1, -0.05) is 69.7 Å². The number of para-hydroxylation sites is 1. The molecule has 0 saturated heterocycles. The molecular formula is C30H40N4O4. The first-order valence-electron chi connectivity index (χ1n) is 13.0. The summed E-state index contributed by atoms with van der Waals surface area (Å²) in [5.41, 5.74) is 2.37. The molecule has 204 valence electrons. The standard InChI is InChI=1S/C30H40N4O4/c1-8-20(3)25(33-29(37)38-30(5,6)7)28(36)34(19-18-31)26(23-16-14-22(9-2)15-17-23)27(35)32-24-13-11-10-12-21(24)4/h10-17,20,25-26H,8-9,19H2,1-7H3,(H,32,35)(H,33,37). The fraction of sp³-hybridized carbons (Fsp3) is 0.467. The van der Waals surface area contributed by atoms with Crippen molar-refractivity contribution < 1.29 is 19.1 Å². The van der Waals surface area contributed by atoms with Gasteiger partial charge in [0.05, 0.1) is 6.07 Å². The number of benzene rings is 2. The maximum absolute atomic E-state index is 14.0. The number of aryl methyl sites for hydroxylation is 2. The Labute approximate surface area is 226 Å². The number of carbonyl (C=O) groups excluding carboxylic acids is 3. The van der Waals surface area contributed by atoms with Gasteiger partial charge < -0.3 is 20.3 Å². The predicted octanol–water partition coefficient (Wildman–Crippen LogP) is 5.53. The van der Waals surface area contributed by atoms with E-state index < -0.39 is 35.6 Å². The van der Waals surface area contributed by atoms with Crippen LogP contribution >= 0.6 is 0 Å². The van der Waals surface area contributed by atoms with Crippen molar-refractivity contribution in [2.45, 2.75) is 79.0 Å². The van der Waals surface area contributed by atoms with Crippen molar-refractivity contribution in [3.63, 3.8) is 0 Å². The molecule has 0 aliphatic heterocycles. The first-order valence-corrected chi connectivity index (χ1v) is 13.0. The van der Waals surface area contributed by atoms with Gasteiger partial charge in [0.1, 0.15) is 24.2 Å². The summed E-state index contributed by atoms with van der Waals surface area (Å²) in [6.45, 7) is 12.5. The Bertz CT molecular complexity index is 1150. The molecule has 2 N–H and O–H groups in total. The summed E-state index contributed by atoms with van der Waals surface area (Å²) >= 11 is 0. The van der Waals surface area contributed by atoms with Gasteiger partial charge >= 0.3 is 6.09 Å². The number of nitrogens with zero attached hydrogens (tertiary/aromatic N) is 2. The lowest BCUT2D eigenvalue weighted by molar-refractivity contribution is -0.141. The lowest BCUT2D eigenvalue weighted by Gasteiger charge is -2.34. The zero-order chi connectivity index (χ0) is 28.5. The number of rotatable bonds is 10. The molecule has 0 radical (unpaired) electrons. The van der Waals surface area contributed by atoms with Crippen LogP contribution in [0.25, 0.3) is 0 Å². The number of carbonyl (C=O) groups is 3. The minimum absolute atomic E-state index is 0.279. The zero-order valence-electron chi connectivity index (χ0n) is 23.5. The van der Waals surface area contributed by atoms with Crippen LogP contribution in [0.15, 0.2) is 48.5 Å². The van der Waals surface area contributed by atoms with E-state index in [4.69, 9.17) is 4.74 Å². The Morgan fingerprint density at radius 3 is 2.21 bits per heavy atom. The monoisotopic (exact) mass is 520 g/mol. The molecule has 0 aromatic heterocycles. The summed E-state index contributed by atoms with van der Waals surface area (Å²) in [5.74, 6) is -1.26. The molecule has 0 fully saturated rings. The van der Waals surface area contributed by atoms with E-state index in [0.717, 1.165) is 17.5 Å². The molecular weight excluding hydrogens is 480 g/mol. The smallest absolute Gasteiger partial charge is 0.408 e. The van der Waals surface area contributed by atoms with Gasteiger partial charge in [0.15, 0.2) is 0 Å². The molecule has 0 aliphatic carbocycles. The van der Waals surface area contributed by atoms with Crippen molar-refractivity contribution in [3.05, 3.63) is 65.2 Å². The highest BCUT2D eigenvalue weighted by atomic mass is 16.6. The molecule has 2 aromatic carbocycles. The van der Waals surface area contributed by atoms with Crippen LogP contribution in [0, 0.1) is 24.2 Å². The molecule has 0 aliphatic rings. The van der Waals surface area contributed by atoms with E-state index in [1.54, 1.807) is 39.0 Å². The maximum atomic E-state index is 14.0. The number of alkyl carbamates (subject to hydrolysis) is 1. The summed E-state index contributed by atoms with van der Waals surface area (Å²) in [6.07, 6.45) is 0.663. The average molecular weight is 521 g/mol. The van der Waals surface area contributed by atoms with E-state index in [9.17, 15) is 19.6 Å².